The molecule has 1 unspecified atom stereocenters. The number of nitrogens with zero attached hydrogens (tertiary/aromatic N) is 8. The van der Waals surface area contributed by atoms with Crippen molar-refractivity contribution < 1.29 is 31.5 Å². The number of aromatic nitrogens is 5. The van der Waals surface area contributed by atoms with Crippen LogP contribution in [0.3, 0.4) is 0 Å². The number of carbonyl (C=O) groups excluding carboxylic acids is 1. The topological polar surface area (TPSA) is 100 Å². The van der Waals surface area contributed by atoms with Gasteiger partial charge in [-0.15, -0.1) is 0 Å². The maximum atomic E-state index is 16.8. The lowest BCUT2D eigenvalue weighted by atomic mass is 9.95. The molecule has 280 valence electrons. The van der Waals surface area contributed by atoms with Crippen molar-refractivity contribution in [3.05, 3.63) is 83.1 Å². The Labute approximate surface area is 307 Å². The predicted molar refractivity (Wildman–Crippen MR) is 193 cm³/mol. The van der Waals surface area contributed by atoms with Crippen molar-refractivity contribution in [1.29, 1.82) is 0 Å². The minimum Gasteiger partial charge on any atom is -0.461 e. The van der Waals surface area contributed by atoms with Gasteiger partial charge in [0.15, 0.2) is 23.3 Å². The van der Waals surface area contributed by atoms with E-state index in [1.807, 2.05) is 4.90 Å². The molecule has 15 heteroatoms. The number of anilines is 1. The number of ether oxygens (including phenoxy) is 1. The second-order valence-corrected chi connectivity index (χ2v) is 14.4. The van der Waals surface area contributed by atoms with Crippen LogP contribution >= 0.6 is 0 Å². The van der Waals surface area contributed by atoms with Crippen LogP contribution in [0.1, 0.15) is 42.9 Å². The van der Waals surface area contributed by atoms with Crippen molar-refractivity contribution in [2.75, 3.05) is 44.7 Å². The minimum atomic E-state index is -1.12. The smallest absolute Gasteiger partial charge is 0.319 e. The van der Waals surface area contributed by atoms with Crippen LogP contribution in [-0.2, 0) is 4.79 Å². The monoisotopic (exact) mass is 744 g/mol. The molecule has 0 N–H and O–H groups in total. The lowest BCUT2D eigenvalue weighted by Crippen LogP contribution is -2.43. The first-order valence-electron chi connectivity index (χ1n) is 17.9. The van der Waals surface area contributed by atoms with Gasteiger partial charge in [0.25, 0.3) is 0 Å². The molecule has 8 rings (SSSR count). The molecule has 0 spiro atoms. The fourth-order valence-corrected chi connectivity index (χ4v) is 8.22. The van der Waals surface area contributed by atoms with Gasteiger partial charge in [-0.25, -0.2) is 31.9 Å². The van der Waals surface area contributed by atoms with Gasteiger partial charge in [0, 0.05) is 62.4 Å². The third kappa shape index (κ3) is 6.27. The first-order chi connectivity index (χ1) is 25.9. The van der Waals surface area contributed by atoms with Gasteiger partial charge in [0.1, 0.15) is 41.3 Å². The number of halogens is 5. The summed E-state index contributed by atoms with van der Waals surface area (Å²) >= 11 is 0. The Morgan fingerprint density at radius 1 is 1.02 bits per heavy atom. The number of fused-ring (bicyclic) bond motifs is 3. The Kier molecular flexibility index (Phi) is 9.15. The summed E-state index contributed by atoms with van der Waals surface area (Å²) in [6.07, 6.45) is 5.49. The molecule has 0 radical (unpaired) electrons. The van der Waals surface area contributed by atoms with E-state index in [4.69, 9.17) is 9.72 Å². The molecule has 5 aromatic rings. The Hall–Kier alpha value is -5.31. The molecule has 3 aliphatic heterocycles. The van der Waals surface area contributed by atoms with Crippen LogP contribution in [0.5, 0.6) is 6.01 Å². The van der Waals surface area contributed by atoms with E-state index in [-0.39, 0.29) is 75.9 Å². The molecule has 3 aliphatic rings. The average molecular weight is 745 g/mol. The van der Waals surface area contributed by atoms with Crippen molar-refractivity contribution >= 4 is 39.5 Å². The van der Waals surface area contributed by atoms with Gasteiger partial charge in [-0.2, -0.15) is 9.97 Å². The number of likely N-dealkylation sites (N-methyl/N-ethyl adjacent to an activating group) is 1. The van der Waals surface area contributed by atoms with Crippen LogP contribution in [0.25, 0.3) is 39.0 Å². The summed E-state index contributed by atoms with van der Waals surface area (Å²) in [7, 11) is 1.76. The highest BCUT2D eigenvalue weighted by atomic mass is 19.2. The van der Waals surface area contributed by atoms with E-state index in [1.165, 1.54) is 37.4 Å². The highest BCUT2D eigenvalue weighted by Gasteiger charge is 2.49. The Bertz CT molecular complexity index is 2340. The summed E-state index contributed by atoms with van der Waals surface area (Å²) in [5.74, 6) is -3.36. The lowest BCUT2D eigenvalue weighted by molar-refractivity contribution is -0.124. The number of aryl methyl sites for hydroxylation is 2. The zero-order valence-electron chi connectivity index (χ0n) is 29.9. The largest absolute Gasteiger partial charge is 0.461 e. The highest BCUT2D eigenvalue weighted by Crippen LogP contribution is 2.41. The van der Waals surface area contributed by atoms with Crippen LogP contribution in [-0.4, -0.2) is 98.2 Å². The summed E-state index contributed by atoms with van der Waals surface area (Å²) in [6, 6.07) is 6.68. The molecule has 3 fully saturated rings. The summed E-state index contributed by atoms with van der Waals surface area (Å²) in [6.45, 7) is 5.00. The summed E-state index contributed by atoms with van der Waals surface area (Å²) < 4.78 is 81.7. The van der Waals surface area contributed by atoms with E-state index in [9.17, 15) is 18.0 Å². The van der Waals surface area contributed by atoms with Gasteiger partial charge in [0.2, 0.25) is 5.91 Å². The maximum absolute atomic E-state index is 16.8. The van der Waals surface area contributed by atoms with Gasteiger partial charge in [-0.05, 0) is 57.2 Å². The third-order valence-corrected chi connectivity index (χ3v) is 11.0. The molecule has 54 heavy (non-hydrogen) atoms. The van der Waals surface area contributed by atoms with Gasteiger partial charge in [-0.1, -0.05) is 24.3 Å². The number of pyridine rings is 1. The van der Waals surface area contributed by atoms with Crippen molar-refractivity contribution in [2.45, 2.75) is 57.3 Å². The van der Waals surface area contributed by atoms with Crippen molar-refractivity contribution in [3.63, 3.8) is 0 Å². The summed E-state index contributed by atoms with van der Waals surface area (Å²) in [5, 5.41) is 0.481. The first kappa shape index (κ1) is 35.7. The van der Waals surface area contributed by atoms with Gasteiger partial charge in [-0.3, -0.25) is 14.7 Å². The van der Waals surface area contributed by atoms with Gasteiger partial charge < -0.3 is 14.5 Å². The number of hydrogen-bond acceptors (Lipinski definition) is 9. The first-order valence-corrected chi connectivity index (χ1v) is 17.9. The van der Waals surface area contributed by atoms with E-state index in [2.05, 4.69) is 24.8 Å². The second-order valence-electron chi connectivity index (χ2n) is 14.4. The lowest BCUT2D eigenvalue weighted by Gasteiger charge is -2.31. The molecular weight excluding hydrogens is 707 g/mol. The number of alkyl halides is 1. The Morgan fingerprint density at radius 2 is 1.85 bits per heavy atom. The van der Waals surface area contributed by atoms with E-state index < -0.39 is 35.0 Å². The third-order valence-electron chi connectivity index (χ3n) is 11.0. The molecule has 10 nitrogen and oxygen atoms in total. The van der Waals surface area contributed by atoms with Gasteiger partial charge in [0.05, 0.1) is 16.6 Å². The number of carbonyl (C=O) groups is 1. The fraction of sp³-hybridized carbons (Fsp3) is 0.385. The molecule has 0 bridgehead atoms. The molecule has 0 saturated carbocycles. The predicted octanol–water partition coefficient (Wildman–Crippen LogP) is 6.51. The van der Waals surface area contributed by atoms with E-state index in [1.54, 1.807) is 31.0 Å². The number of hydrogen-bond donors (Lipinski definition) is 0. The normalized spacial score (nSPS) is 21.5. The maximum Gasteiger partial charge on any atom is 0.319 e. The molecule has 3 aromatic heterocycles. The van der Waals surface area contributed by atoms with E-state index in [0.717, 1.165) is 25.5 Å². The van der Waals surface area contributed by atoms with Crippen molar-refractivity contribution in [1.82, 2.24) is 34.7 Å². The number of amides is 1. The molecule has 3 atom stereocenters. The summed E-state index contributed by atoms with van der Waals surface area (Å²) in [4.78, 5) is 40.4. The second kappa shape index (κ2) is 13.8. The Balaban J connectivity index is 1.14. The fourth-order valence-electron chi connectivity index (χ4n) is 8.22. The molecule has 6 heterocycles. The summed E-state index contributed by atoms with van der Waals surface area (Å²) in [5.41, 5.74) is -0.659. The zero-order chi connectivity index (χ0) is 37.9. The van der Waals surface area contributed by atoms with E-state index in [0.29, 0.717) is 37.1 Å². The molecule has 1 amide bonds. The average Bonchev–Trinajstić information content (AvgIpc) is 3.88. The van der Waals surface area contributed by atoms with E-state index >= 15 is 8.78 Å². The highest BCUT2D eigenvalue weighted by molar-refractivity contribution is 5.99. The number of likely N-dealkylation sites (tertiary alicyclic amines) is 1. The van der Waals surface area contributed by atoms with Crippen LogP contribution in [0.2, 0.25) is 0 Å². The molecule has 2 aromatic carbocycles. The van der Waals surface area contributed by atoms with Crippen LogP contribution in [0.15, 0.2) is 42.6 Å². The van der Waals surface area contributed by atoms with Crippen molar-refractivity contribution in [2.24, 2.45) is 0 Å². The van der Waals surface area contributed by atoms with Crippen molar-refractivity contribution in [3.8, 4) is 17.3 Å². The van der Waals surface area contributed by atoms with Crippen LogP contribution < -0.4 is 9.64 Å². The number of benzene rings is 2. The number of rotatable bonds is 8. The standard InChI is InChI=1S/C39H37F5N8O2/c1-21-32(42)29(47-22(2)46-21)10-11-30(53)51-15-12-25(19-51)50(3)37-27-17-45-35(26-7-4-6-23-8-9-28(41)33(43)31(23)26)34(44)36(27)48-38(49-37)54-20-39-13-5-14-52(39)18-24(40)16-39/h4,6-11,17,24-25H,5,12-16,18-20H2,1-3H3/b11-10+/t24-,25?,39+/m1/s1. The van der Waals surface area contributed by atoms with Gasteiger partial charge >= 0.3 is 6.01 Å². The molecule has 0 aliphatic carbocycles. The SMILES string of the molecule is Cc1nc(C)c(F)c(/C=C/C(=O)N2CCC(N(C)c3nc(OC[C@@]45CCCN4C[C@H](F)C5)nc4c(F)c(-c5cccc6ccc(F)c(F)c56)ncc34)C2)n1. The quantitative estimate of drug-likeness (QED) is 0.130. The minimum absolute atomic E-state index is 0.0198. The van der Waals surface area contributed by atoms with Crippen LogP contribution in [0, 0.1) is 37.1 Å². The Morgan fingerprint density at radius 3 is 2.69 bits per heavy atom. The zero-order valence-corrected chi connectivity index (χ0v) is 29.9. The molecule has 3 saturated heterocycles. The molecular formula is C39H37F5N8O2. The van der Waals surface area contributed by atoms with Crippen LogP contribution in [0.4, 0.5) is 27.8 Å².